The molecule has 0 radical (unpaired) electrons. The van der Waals surface area contributed by atoms with Crippen molar-refractivity contribution in [2.75, 3.05) is 10.8 Å². The van der Waals surface area contributed by atoms with Crippen LogP contribution in [0.4, 0.5) is 17.1 Å². The quantitative estimate of drug-likeness (QED) is 0.160. The third-order valence-corrected chi connectivity index (χ3v) is 13.9. The van der Waals surface area contributed by atoms with Crippen molar-refractivity contribution >= 4 is 28.8 Å². The lowest BCUT2D eigenvalue weighted by atomic mass is 9.67. The van der Waals surface area contributed by atoms with E-state index in [9.17, 15) is 0 Å². The van der Waals surface area contributed by atoms with Gasteiger partial charge in [0.15, 0.2) is 5.75 Å². The van der Waals surface area contributed by atoms with Crippen LogP contribution in [0.1, 0.15) is 44.5 Å². The maximum absolute atomic E-state index is 6.50. The van der Waals surface area contributed by atoms with Crippen LogP contribution in [0, 0.1) is 0 Å². The van der Waals surface area contributed by atoms with E-state index in [4.69, 9.17) is 4.74 Å². The number of benzene rings is 9. The molecule has 60 heavy (non-hydrogen) atoms. The SMILES string of the molecule is c1ccc(C2(c3ccccc3)c3ccccc3-c3cc(N(c4ccc5c(c4)C(c4ccccc4)(c4ccccc4)c4ccccc4-5)c4cccc5c4OCS5)ccc32)cc1. The molecule has 2 nitrogen and oxygen atoms in total. The molecule has 1 heterocycles. The predicted octanol–water partition coefficient (Wildman–Crippen LogP) is 14.3. The molecule has 0 saturated heterocycles. The van der Waals surface area contributed by atoms with Gasteiger partial charge in [0.2, 0.25) is 0 Å². The lowest BCUT2D eigenvalue weighted by molar-refractivity contribution is 0.399. The minimum atomic E-state index is -0.525. The number of thioether (sulfide) groups is 1. The summed E-state index contributed by atoms with van der Waals surface area (Å²) < 4.78 is 6.50. The summed E-state index contributed by atoms with van der Waals surface area (Å²) in [6, 6.07) is 82.9. The monoisotopic (exact) mass is 785 g/mol. The highest BCUT2D eigenvalue weighted by atomic mass is 32.2. The number of anilines is 3. The Morgan fingerprint density at radius 1 is 0.367 bits per heavy atom. The lowest BCUT2D eigenvalue weighted by Gasteiger charge is -2.35. The van der Waals surface area contributed by atoms with Crippen LogP contribution in [0.5, 0.6) is 5.75 Å². The normalized spacial score (nSPS) is 14.6. The number of hydrogen-bond acceptors (Lipinski definition) is 3. The summed E-state index contributed by atoms with van der Waals surface area (Å²) in [6.07, 6.45) is 0. The van der Waals surface area contributed by atoms with Gasteiger partial charge in [-0.1, -0.05) is 200 Å². The van der Waals surface area contributed by atoms with Gasteiger partial charge in [-0.2, -0.15) is 0 Å². The molecular weight excluding hydrogens is 747 g/mol. The van der Waals surface area contributed by atoms with Crippen molar-refractivity contribution in [1.29, 1.82) is 0 Å². The Kier molecular flexibility index (Phi) is 8.01. The Balaban J connectivity index is 1.13. The first kappa shape index (κ1) is 34.9. The Hall–Kier alpha value is -7.07. The van der Waals surface area contributed by atoms with Gasteiger partial charge < -0.3 is 9.64 Å². The highest BCUT2D eigenvalue weighted by Gasteiger charge is 2.48. The van der Waals surface area contributed by atoms with Crippen molar-refractivity contribution < 1.29 is 4.74 Å². The van der Waals surface area contributed by atoms with Gasteiger partial charge in [-0.15, -0.1) is 0 Å². The molecule has 0 saturated carbocycles. The van der Waals surface area contributed by atoms with E-state index in [0.29, 0.717) is 5.94 Å². The van der Waals surface area contributed by atoms with Crippen molar-refractivity contribution in [3.8, 4) is 28.0 Å². The maximum Gasteiger partial charge on any atom is 0.158 e. The average Bonchev–Trinajstić information content (AvgIpc) is 4.01. The van der Waals surface area contributed by atoms with E-state index in [1.165, 1.54) is 66.8 Å². The molecule has 284 valence electrons. The first-order chi connectivity index (χ1) is 29.8. The van der Waals surface area contributed by atoms with Gasteiger partial charge in [0, 0.05) is 11.4 Å². The van der Waals surface area contributed by atoms with Gasteiger partial charge in [0.25, 0.3) is 0 Å². The highest BCUT2D eigenvalue weighted by molar-refractivity contribution is 7.99. The Labute approximate surface area is 355 Å². The third kappa shape index (κ3) is 4.90. The van der Waals surface area contributed by atoms with Crippen LogP contribution in [-0.4, -0.2) is 5.94 Å². The topological polar surface area (TPSA) is 12.5 Å². The molecule has 0 N–H and O–H groups in total. The standard InChI is InChI=1S/C57H39NOS/c1-5-18-39(19-6-1)56(40-20-7-2-8-21-40)50-29-16-14-27-46(50)48-36-43(33-35-51(48)56)58(53-30-17-31-54-55(53)59-38-60-54)44-32-34-47-45-26-13-15-28-49(45)57(52(47)37-44,41-22-9-3-10-23-41)42-24-11-4-12-25-42/h1-37H,38H2. The number of ether oxygens (including phenoxy) is 1. The van der Waals surface area contributed by atoms with Gasteiger partial charge in [-0.3, -0.25) is 0 Å². The molecule has 0 bridgehead atoms. The van der Waals surface area contributed by atoms with Crippen LogP contribution in [0.25, 0.3) is 22.3 Å². The van der Waals surface area contributed by atoms with E-state index >= 15 is 0 Å². The minimum Gasteiger partial charge on any atom is -0.479 e. The average molecular weight is 786 g/mol. The number of rotatable bonds is 7. The van der Waals surface area contributed by atoms with Gasteiger partial charge in [0.1, 0.15) is 5.94 Å². The minimum absolute atomic E-state index is 0.476. The zero-order chi connectivity index (χ0) is 39.7. The van der Waals surface area contributed by atoms with E-state index in [0.717, 1.165) is 27.7 Å². The van der Waals surface area contributed by atoms with Gasteiger partial charge in [-0.25, -0.2) is 0 Å². The van der Waals surface area contributed by atoms with Crippen LogP contribution in [-0.2, 0) is 10.8 Å². The third-order valence-electron chi connectivity index (χ3n) is 13.0. The summed E-state index contributed by atoms with van der Waals surface area (Å²) in [5.74, 6) is 1.52. The second kappa shape index (κ2) is 13.8. The maximum atomic E-state index is 6.50. The van der Waals surface area contributed by atoms with Crippen molar-refractivity contribution in [2.45, 2.75) is 15.7 Å². The van der Waals surface area contributed by atoms with Crippen molar-refractivity contribution in [2.24, 2.45) is 0 Å². The van der Waals surface area contributed by atoms with Crippen LogP contribution < -0.4 is 9.64 Å². The molecule has 2 aliphatic carbocycles. The van der Waals surface area contributed by atoms with Crippen LogP contribution in [0.2, 0.25) is 0 Å². The van der Waals surface area contributed by atoms with E-state index in [-0.39, 0.29) is 0 Å². The molecule has 0 fully saturated rings. The molecule has 3 heteroatoms. The second-order valence-corrected chi connectivity index (χ2v) is 16.8. The van der Waals surface area contributed by atoms with E-state index in [2.05, 4.69) is 229 Å². The van der Waals surface area contributed by atoms with Gasteiger partial charge >= 0.3 is 0 Å². The summed E-state index contributed by atoms with van der Waals surface area (Å²) in [7, 11) is 0. The lowest BCUT2D eigenvalue weighted by Crippen LogP contribution is -2.29. The fraction of sp³-hybridized carbons (Fsp3) is 0.0526. The molecule has 12 rings (SSSR count). The van der Waals surface area contributed by atoms with E-state index < -0.39 is 10.8 Å². The number of hydrogen-bond donors (Lipinski definition) is 0. The number of nitrogens with zero attached hydrogens (tertiary/aromatic N) is 1. The molecule has 9 aromatic rings. The Bertz CT molecular complexity index is 2990. The largest absolute Gasteiger partial charge is 0.479 e. The predicted molar refractivity (Wildman–Crippen MR) is 247 cm³/mol. The first-order valence-corrected chi connectivity index (χ1v) is 21.7. The number of para-hydroxylation sites is 1. The molecule has 9 aromatic carbocycles. The summed E-state index contributed by atoms with van der Waals surface area (Å²) in [4.78, 5) is 3.59. The van der Waals surface area contributed by atoms with Gasteiger partial charge in [-0.05, 0) is 103 Å². The zero-order valence-electron chi connectivity index (χ0n) is 32.8. The van der Waals surface area contributed by atoms with Crippen LogP contribution in [0.3, 0.4) is 0 Å². The fourth-order valence-corrected chi connectivity index (χ4v) is 11.4. The molecule has 3 aliphatic rings. The highest BCUT2D eigenvalue weighted by Crippen LogP contribution is 2.60. The molecular formula is C57H39NOS. The summed E-state index contributed by atoms with van der Waals surface area (Å²) in [6.45, 7) is 0. The molecule has 0 aromatic heterocycles. The molecule has 0 atom stereocenters. The van der Waals surface area contributed by atoms with Crippen LogP contribution in [0.15, 0.2) is 229 Å². The smallest absolute Gasteiger partial charge is 0.158 e. The van der Waals surface area contributed by atoms with Crippen molar-refractivity contribution in [3.63, 3.8) is 0 Å². The molecule has 0 amide bonds. The first-order valence-electron chi connectivity index (χ1n) is 20.7. The molecule has 1 aliphatic heterocycles. The van der Waals surface area contributed by atoms with Crippen LogP contribution >= 0.6 is 11.8 Å². The second-order valence-electron chi connectivity index (χ2n) is 15.9. The summed E-state index contributed by atoms with van der Waals surface area (Å²) in [5, 5.41) is 0. The van der Waals surface area contributed by atoms with E-state index in [1.807, 2.05) is 0 Å². The number of fused-ring (bicyclic) bond motifs is 7. The summed E-state index contributed by atoms with van der Waals surface area (Å²) in [5.41, 5.74) is 17.4. The fourth-order valence-electron chi connectivity index (χ4n) is 10.7. The Morgan fingerprint density at radius 3 is 1.40 bits per heavy atom. The molecule has 0 spiro atoms. The summed E-state index contributed by atoms with van der Waals surface area (Å²) >= 11 is 1.75. The Morgan fingerprint density at radius 2 is 0.817 bits per heavy atom. The molecule has 0 unspecified atom stereocenters. The van der Waals surface area contributed by atoms with Crippen molar-refractivity contribution in [1.82, 2.24) is 0 Å². The van der Waals surface area contributed by atoms with E-state index in [1.54, 1.807) is 11.8 Å². The van der Waals surface area contributed by atoms with Gasteiger partial charge in [0.05, 0.1) is 21.4 Å². The van der Waals surface area contributed by atoms with Crippen molar-refractivity contribution in [3.05, 3.63) is 269 Å². The zero-order valence-corrected chi connectivity index (χ0v) is 33.6.